The van der Waals surface area contributed by atoms with Gasteiger partial charge in [0.15, 0.2) is 5.65 Å². The van der Waals surface area contributed by atoms with Gasteiger partial charge >= 0.3 is 0 Å². The Morgan fingerprint density at radius 1 is 1.43 bits per heavy atom. The summed E-state index contributed by atoms with van der Waals surface area (Å²) in [4.78, 5) is 16.8. The average molecular weight is 290 g/mol. The molecule has 21 heavy (non-hydrogen) atoms. The van der Waals surface area contributed by atoms with Gasteiger partial charge < -0.3 is 10.4 Å². The molecule has 6 nitrogen and oxygen atoms in total. The molecule has 0 saturated heterocycles. The summed E-state index contributed by atoms with van der Waals surface area (Å²) >= 11 is 0. The molecule has 0 aromatic carbocycles. The normalized spacial score (nSPS) is 11.9. The first kappa shape index (κ1) is 15.4. The highest BCUT2D eigenvalue weighted by Gasteiger charge is 2.24. The van der Waals surface area contributed by atoms with Crippen molar-refractivity contribution in [3.05, 3.63) is 23.5 Å². The molecule has 0 atom stereocenters. The van der Waals surface area contributed by atoms with Crippen LogP contribution in [0.25, 0.3) is 11.0 Å². The summed E-state index contributed by atoms with van der Waals surface area (Å²) in [5.41, 5.74) is 1.13. The minimum absolute atomic E-state index is 0.209. The molecule has 2 heterocycles. The summed E-state index contributed by atoms with van der Waals surface area (Å²) in [6.07, 6.45) is 2.84. The van der Waals surface area contributed by atoms with E-state index >= 15 is 0 Å². The van der Waals surface area contributed by atoms with E-state index < -0.39 is 5.60 Å². The van der Waals surface area contributed by atoms with Gasteiger partial charge in [0.05, 0.1) is 22.7 Å². The summed E-state index contributed by atoms with van der Waals surface area (Å²) in [5, 5.41) is 17.9. The highest BCUT2D eigenvalue weighted by Crippen LogP contribution is 2.18. The number of rotatable bonds is 5. The lowest BCUT2D eigenvalue weighted by Crippen LogP contribution is -2.42. The molecule has 2 aromatic heterocycles. The van der Waals surface area contributed by atoms with Gasteiger partial charge in [-0.2, -0.15) is 5.10 Å². The second-order valence-corrected chi connectivity index (χ2v) is 5.43. The molecule has 2 aromatic rings. The van der Waals surface area contributed by atoms with Gasteiger partial charge in [-0.25, -0.2) is 4.98 Å². The molecule has 2 rings (SSSR count). The first-order chi connectivity index (χ1) is 9.90. The molecule has 0 spiro atoms. The Balaban J connectivity index is 2.28. The van der Waals surface area contributed by atoms with Gasteiger partial charge in [0.25, 0.3) is 5.91 Å². The van der Waals surface area contributed by atoms with Crippen LogP contribution >= 0.6 is 0 Å². The van der Waals surface area contributed by atoms with Crippen LogP contribution < -0.4 is 5.32 Å². The third-order valence-electron chi connectivity index (χ3n) is 3.97. The zero-order valence-electron chi connectivity index (χ0n) is 13.0. The number of nitrogens with one attached hydrogen (secondary N) is 1. The SMILES string of the molecule is CCC(O)(CC)CNC(=O)c1cc(C)nc2c1cnn2C. The fourth-order valence-electron chi connectivity index (χ4n) is 2.27. The second kappa shape index (κ2) is 5.81. The molecule has 0 saturated carbocycles. The minimum atomic E-state index is -0.855. The van der Waals surface area contributed by atoms with Crippen LogP contribution in [-0.2, 0) is 7.05 Å². The van der Waals surface area contributed by atoms with E-state index in [-0.39, 0.29) is 12.5 Å². The zero-order valence-corrected chi connectivity index (χ0v) is 13.0. The summed E-state index contributed by atoms with van der Waals surface area (Å²) in [7, 11) is 1.80. The smallest absolute Gasteiger partial charge is 0.252 e. The number of pyridine rings is 1. The van der Waals surface area contributed by atoms with Crippen molar-refractivity contribution < 1.29 is 9.90 Å². The Bertz CT molecular complexity index is 659. The van der Waals surface area contributed by atoms with Crippen molar-refractivity contribution in [2.45, 2.75) is 39.2 Å². The number of aryl methyl sites for hydroxylation is 2. The van der Waals surface area contributed by atoms with Crippen molar-refractivity contribution in [2.75, 3.05) is 6.54 Å². The number of fused-ring (bicyclic) bond motifs is 1. The van der Waals surface area contributed by atoms with Gasteiger partial charge in [-0.1, -0.05) is 13.8 Å². The van der Waals surface area contributed by atoms with Gasteiger partial charge in [-0.3, -0.25) is 9.48 Å². The van der Waals surface area contributed by atoms with Crippen molar-refractivity contribution in [2.24, 2.45) is 7.05 Å². The molecule has 0 aliphatic carbocycles. The predicted octanol–water partition coefficient (Wildman–Crippen LogP) is 1.56. The number of aromatic nitrogens is 3. The van der Waals surface area contributed by atoms with Gasteiger partial charge in [-0.05, 0) is 25.8 Å². The van der Waals surface area contributed by atoms with E-state index in [1.165, 1.54) is 0 Å². The molecule has 0 unspecified atom stereocenters. The fourth-order valence-corrected chi connectivity index (χ4v) is 2.27. The number of nitrogens with zero attached hydrogens (tertiary/aromatic N) is 3. The number of hydrogen-bond donors (Lipinski definition) is 2. The van der Waals surface area contributed by atoms with Crippen molar-refractivity contribution in [1.29, 1.82) is 0 Å². The summed E-state index contributed by atoms with van der Waals surface area (Å²) < 4.78 is 1.65. The van der Waals surface area contributed by atoms with Crippen LogP contribution in [-0.4, -0.2) is 37.9 Å². The van der Waals surface area contributed by atoms with Gasteiger partial charge in [0, 0.05) is 19.3 Å². The highest BCUT2D eigenvalue weighted by molar-refractivity contribution is 6.05. The third-order valence-corrected chi connectivity index (χ3v) is 3.97. The standard InChI is InChI=1S/C15H22N4O2/c1-5-15(21,6-2)9-16-14(20)11-7-10(3)18-13-12(11)8-17-19(13)4/h7-8,21H,5-6,9H2,1-4H3,(H,16,20). The van der Waals surface area contributed by atoms with E-state index in [9.17, 15) is 9.90 Å². The van der Waals surface area contributed by atoms with Crippen LogP contribution in [0.15, 0.2) is 12.3 Å². The molecule has 1 amide bonds. The maximum Gasteiger partial charge on any atom is 0.252 e. The molecule has 0 bridgehead atoms. The largest absolute Gasteiger partial charge is 0.388 e. The molecule has 114 valence electrons. The highest BCUT2D eigenvalue weighted by atomic mass is 16.3. The third kappa shape index (κ3) is 3.05. The maximum atomic E-state index is 12.4. The van der Waals surface area contributed by atoms with E-state index in [1.807, 2.05) is 20.8 Å². The lowest BCUT2D eigenvalue weighted by molar-refractivity contribution is 0.0314. The lowest BCUT2D eigenvalue weighted by atomic mass is 9.97. The van der Waals surface area contributed by atoms with Crippen LogP contribution in [0, 0.1) is 6.92 Å². The van der Waals surface area contributed by atoms with Gasteiger partial charge in [0.1, 0.15) is 0 Å². The summed E-state index contributed by atoms with van der Waals surface area (Å²) in [6, 6.07) is 1.75. The molecular formula is C15H22N4O2. The molecule has 0 aliphatic rings. The van der Waals surface area contributed by atoms with Crippen LogP contribution in [0.4, 0.5) is 0 Å². The fraction of sp³-hybridized carbons (Fsp3) is 0.533. The number of aliphatic hydroxyl groups is 1. The number of hydrogen-bond acceptors (Lipinski definition) is 4. The predicted molar refractivity (Wildman–Crippen MR) is 81.1 cm³/mol. The Kier molecular flexibility index (Phi) is 4.27. The van der Waals surface area contributed by atoms with E-state index in [2.05, 4.69) is 15.4 Å². The van der Waals surface area contributed by atoms with E-state index in [0.717, 1.165) is 11.1 Å². The van der Waals surface area contributed by atoms with Crippen molar-refractivity contribution in [1.82, 2.24) is 20.1 Å². The Hall–Kier alpha value is -1.95. The monoisotopic (exact) mass is 290 g/mol. The number of carbonyl (C=O) groups is 1. The summed E-state index contributed by atoms with van der Waals surface area (Å²) in [6.45, 7) is 5.90. The average Bonchev–Trinajstić information content (AvgIpc) is 2.85. The minimum Gasteiger partial charge on any atom is -0.388 e. The van der Waals surface area contributed by atoms with Crippen molar-refractivity contribution >= 4 is 16.9 Å². The van der Waals surface area contributed by atoms with E-state index in [4.69, 9.17) is 0 Å². The van der Waals surface area contributed by atoms with Gasteiger partial charge in [-0.15, -0.1) is 0 Å². The van der Waals surface area contributed by atoms with Crippen molar-refractivity contribution in [3.8, 4) is 0 Å². The van der Waals surface area contributed by atoms with Crippen molar-refractivity contribution in [3.63, 3.8) is 0 Å². The second-order valence-electron chi connectivity index (χ2n) is 5.43. The molecule has 6 heteroatoms. The zero-order chi connectivity index (χ0) is 15.6. The molecule has 0 aliphatic heterocycles. The molecule has 0 radical (unpaired) electrons. The molecule has 0 fully saturated rings. The molecular weight excluding hydrogens is 268 g/mol. The Morgan fingerprint density at radius 2 is 2.10 bits per heavy atom. The van der Waals surface area contributed by atoms with Crippen LogP contribution in [0.2, 0.25) is 0 Å². The number of amides is 1. The summed E-state index contributed by atoms with van der Waals surface area (Å²) in [5.74, 6) is -0.209. The topological polar surface area (TPSA) is 80.0 Å². The van der Waals surface area contributed by atoms with Gasteiger partial charge in [0.2, 0.25) is 0 Å². The molecule has 2 N–H and O–H groups in total. The Labute approximate surface area is 124 Å². The maximum absolute atomic E-state index is 12.4. The lowest BCUT2D eigenvalue weighted by Gasteiger charge is -2.25. The van der Waals surface area contributed by atoms with E-state index in [0.29, 0.717) is 24.1 Å². The number of carbonyl (C=O) groups excluding carboxylic acids is 1. The first-order valence-electron chi connectivity index (χ1n) is 7.20. The first-order valence-corrected chi connectivity index (χ1v) is 7.20. The van der Waals surface area contributed by atoms with Crippen LogP contribution in [0.5, 0.6) is 0 Å². The quantitative estimate of drug-likeness (QED) is 0.875. The van der Waals surface area contributed by atoms with Crippen LogP contribution in [0.1, 0.15) is 42.7 Å². The Morgan fingerprint density at radius 3 is 2.71 bits per heavy atom. The van der Waals surface area contributed by atoms with E-state index in [1.54, 1.807) is 24.0 Å². The van der Waals surface area contributed by atoms with Crippen LogP contribution in [0.3, 0.4) is 0 Å².